The molecule has 1 heterocycles. The van der Waals surface area contributed by atoms with Crippen LogP contribution in [0.2, 0.25) is 25.1 Å². The number of carbonyl (C=O) groups excluding carboxylic acids is 4. The van der Waals surface area contributed by atoms with E-state index in [-0.39, 0.29) is 42.3 Å². The molecule has 4 rings (SSSR count). The highest BCUT2D eigenvalue weighted by Crippen LogP contribution is 2.45. The molecular weight excluding hydrogens is 558 g/mol. The van der Waals surface area contributed by atoms with Crippen LogP contribution in [0, 0.1) is 0 Å². The normalized spacial score (nSPS) is 13.6. The minimum Gasteiger partial charge on any atom is -0.292 e. The van der Waals surface area contributed by atoms with Gasteiger partial charge in [-0.25, -0.2) is 5.01 Å². The summed E-state index contributed by atoms with van der Waals surface area (Å²) < 4.78 is 0. The van der Waals surface area contributed by atoms with Gasteiger partial charge in [-0.1, -0.05) is 88.3 Å². The zero-order chi connectivity index (χ0) is 25.6. The van der Waals surface area contributed by atoms with Gasteiger partial charge in [-0.15, -0.1) is 0 Å². The van der Waals surface area contributed by atoms with Crippen LogP contribution in [0.3, 0.4) is 0 Å². The maximum absolute atomic E-state index is 13.6. The van der Waals surface area contributed by atoms with Crippen molar-refractivity contribution in [3.8, 4) is 0 Å². The number of benzene rings is 3. The summed E-state index contributed by atoms with van der Waals surface area (Å²) in [5, 5.41) is 0.656. The Hall–Kier alpha value is -2.61. The molecule has 0 bridgehead atoms. The largest absolute Gasteiger partial charge is 0.292 e. The fourth-order valence-electron chi connectivity index (χ4n) is 3.65. The van der Waals surface area contributed by atoms with Crippen LogP contribution in [-0.2, 0) is 0 Å². The summed E-state index contributed by atoms with van der Waals surface area (Å²) in [6.45, 7) is 1.40. The maximum Gasteiger partial charge on any atom is 0.282 e. The molecule has 1 aliphatic rings. The number of rotatable bonds is 5. The van der Waals surface area contributed by atoms with Gasteiger partial charge in [0.25, 0.3) is 17.7 Å². The molecule has 0 N–H and O–H groups in total. The Morgan fingerprint density at radius 3 is 1.69 bits per heavy atom. The van der Waals surface area contributed by atoms with E-state index in [4.69, 9.17) is 58.0 Å². The molecule has 0 radical (unpaired) electrons. The second-order valence-corrected chi connectivity index (χ2v) is 9.44. The van der Waals surface area contributed by atoms with E-state index in [0.29, 0.717) is 10.0 Å². The lowest BCUT2D eigenvalue weighted by molar-refractivity contribution is -0.00679. The Bertz CT molecular complexity index is 1350. The minimum atomic E-state index is -1.29. The van der Waals surface area contributed by atoms with Gasteiger partial charge in [-0.05, 0) is 31.2 Å². The molecule has 0 spiro atoms. The molecule has 178 valence electrons. The molecule has 0 saturated heterocycles. The van der Waals surface area contributed by atoms with Gasteiger partial charge >= 0.3 is 0 Å². The van der Waals surface area contributed by atoms with E-state index in [0.717, 1.165) is 5.01 Å². The number of hydrogen-bond donors (Lipinski definition) is 0. The molecule has 0 aliphatic carbocycles. The van der Waals surface area contributed by atoms with Gasteiger partial charge in [0.2, 0.25) is 0 Å². The first-order valence-electron chi connectivity index (χ1n) is 9.99. The number of hydrazine groups is 1. The van der Waals surface area contributed by atoms with Crippen molar-refractivity contribution in [3.63, 3.8) is 0 Å². The van der Waals surface area contributed by atoms with Gasteiger partial charge < -0.3 is 0 Å². The standard InChI is InChI=1S/C24H13Cl5N2O4/c1-11(21(32)12-5-3-2-4-6-12)30(22(33)13-7-9-14(25)10-8-13)31-23(34)15-16(24(31)35)18(27)20(29)19(28)17(15)26/h2-11H,1H3/t11-/m0/s1. The predicted octanol–water partition coefficient (Wildman–Crippen LogP) is 6.88. The van der Waals surface area contributed by atoms with Crippen molar-refractivity contribution in [2.75, 3.05) is 0 Å². The highest BCUT2D eigenvalue weighted by Gasteiger charge is 2.48. The van der Waals surface area contributed by atoms with E-state index >= 15 is 0 Å². The molecule has 0 unspecified atom stereocenters. The maximum atomic E-state index is 13.6. The third-order valence-electron chi connectivity index (χ3n) is 5.40. The molecule has 1 atom stereocenters. The second-order valence-electron chi connectivity index (χ2n) is 7.49. The van der Waals surface area contributed by atoms with Crippen LogP contribution in [0.15, 0.2) is 54.6 Å². The summed E-state index contributed by atoms with van der Waals surface area (Å²) in [5.74, 6) is -3.29. The van der Waals surface area contributed by atoms with E-state index in [1.54, 1.807) is 30.3 Å². The van der Waals surface area contributed by atoms with Crippen molar-refractivity contribution in [3.05, 3.63) is 102 Å². The first-order valence-corrected chi connectivity index (χ1v) is 11.9. The van der Waals surface area contributed by atoms with Crippen LogP contribution in [0.4, 0.5) is 0 Å². The quantitative estimate of drug-likeness (QED) is 0.145. The lowest BCUT2D eigenvalue weighted by atomic mass is 10.0. The fourth-order valence-corrected chi connectivity index (χ4v) is 4.79. The van der Waals surface area contributed by atoms with Crippen LogP contribution in [0.25, 0.3) is 0 Å². The highest BCUT2D eigenvalue weighted by atomic mass is 35.5. The van der Waals surface area contributed by atoms with E-state index in [2.05, 4.69) is 0 Å². The molecule has 3 aromatic carbocycles. The molecule has 11 heteroatoms. The Labute approximate surface area is 224 Å². The Morgan fingerprint density at radius 2 is 1.20 bits per heavy atom. The summed E-state index contributed by atoms with van der Waals surface area (Å²) in [7, 11) is 0. The van der Waals surface area contributed by atoms with E-state index in [1.165, 1.54) is 31.2 Å². The number of ketones is 1. The van der Waals surface area contributed by atoms with E-state index in [9.17, 15) is 19.2 Å². The smallest absolute Gasteiger partial charge is 0.282 e. The first kappa shape index (κ1) is 25.5. The van der Waals surface area contributed by atoms with Crippen molar-refractivity contribution >= 4 is 81.5 Å². The van der Waals surface area contributed by atoms with Gasteiger partial charge in [0.15, 0.2) is 5.78 Å². The second kappa shape index (κ2) is 9.80. The van der Waals surface area contributed by atoms with Gasteiger partial charge in [0.05, 0.1) is 31.2 Å². The van der Waals surface area contributed by atoms with Crippen molar-refractivity contribution < 1.29 is 19.2 Å². The Kier molecular flexibility index (Phi) is 7.13. The summed E-state index contributed by atoms with van der Waals surface area (Å²) in [5.41, 5.74) is -0.284. The lowest BCUT2D eigenvalue weighted by Crippen LogP contribution is -2.56. The minimum absolute atomic E-state index is 0.0759. The third kappa shape index (κ3) is 4.30. The van der Waals surface area contributed by atoms with Gasteiger partial charge in [0.1, 0.15) is 6.04 Å². The predicted molar refractivity (Wildman–Crippen MR) is 135 cm³/mol. The van der Waals surface area contributed by atoms with Crippen LogP contribution >= 0.6 is 58.0 Å². The van der Waals surface area contributed by atoms with Crippen molar-refractivity contribution in [2.45, 2.75) is 13.0 Å². The summed E-state index contributed by atoms with van der Waals surface area (Å²) in [4.78, 5) is 53.9. The SMILES string of the molecule is C[C@@H](C(=O)c1ccccc1)N(C(=O)c1ccc(Cl)cc1)N1C(=O)c2c(Cl)c(Cl)c(Cl)c(Cl)c2C1=O. The zero-order valence-electron chi connectivity index (χ0n) is 17.7. The third-order valence-corrected chi connectivity index (χ3v) is 7.45. The number of Topliss-reactive ketones (excluding diaryl/α,β-unsaturated/α-hetero) is 1. The lowest BCUT2D eigenvalue weighted by Gasteiger charge is -2.34. The molecule has 0 fully saturated rings. The number of halogens is 5. The number of amides is 3. The summed E-state index contributed by atoms with van der Waals surface area (Å²) in [6.07, 6.45) is 0. The Morgan fingerprint density at radius 1 is 0.714 bits per heavy atom. The van der Waals surface area contributed by atoms with Gasteiger partial charge in [-0.2, -0.15) is 5.01 Å². The van der Waals surface area contributed by atoms with Crippen LogP contribution in [0.5, 0.6) is 0 Å². The molecule has 1 aliphatic heterocycles. The molecule has 0 aromatic heterocycles. The number of carbonyl (C=O) groups is 4. The number of fused-ring (bicyclic) bond motifs is 1. The van der Waals surface area contributed by atoms with Gasteiger partial charge in [0, 0.05) is 16.1 Å². The number of nitrogens with zero attached hydrogens (tertiary/aromatic N) is 2. The molecular formula is C24H13Cl5N2O4. The highest BCUT2D eigenvalue weighted by molar-refractivity contribution is 6.55. The number of imide groups is 1. The first-order chi connectivity index (χ1) is 16.6. The summed E-state index contributed by atoms with van der Waals surface area (Å²) in [6, 6.07) is 12.6. The molecule has 0 saturated carbocycles. The molecule has 35 heavy (non-hydrogen) atoms. The van der Waals surface area contributed by atoms with Crippen molar-refractivity contribution in [1.82, 2.24) is 10.0 Å². The van der Waals surface area contributed by atoms with E-state index in [1.807, 2.05) is 0 Å². The van der Waals surface area contributed by atoms with Crippen LogP contribution in [-0.4, -0.2) is 39.6 Å². The topological polar surface area (TPSA) is 74.8 Å². The number of hydrogen-bond acceptors (Lipinski definition) is 4. The monoisotopic (exact) mass is 568 g/mol. The van der Waals surface area contributed by atoms with E-state index < -0.39 is 29.5 Å². The van der Waals surface area contributed by atoms with Gasteiger partial charge in [-0.3, -0.25) is 19.2 Å². The van der Waals surface area contributed by atoms with Crippen LogP contribution < -0.4 is 0 Å². The fraction of sp³-hybridized carbons (Fsp3) is 0.0833. The average Bonchev–Trinajstić information content (AvgIpc) is 3.12. The van der Waals surface area contributed by atoms with Crippen molar-refractivity contribution in [1.29, 1.82) is 0 Å². The van der Waals surface area contributed by atoms with Crippen LogP contribution in [0.1, 0.15) is 48.4 Å². The zero-order valence-corrected chi connectivity index (χ0v) is 21.5. The average molecular weight is 571 g/mol. The summed E-state index contributed by atoms with van der Waals surface area (Å²) >= 11 is 30.6. The Balaban J connectivity index is 1.87. The molecule has 6 nitrogen and oxygen atoms in total. The van der Waals surface area contributed by atoms with Crippen molar-refractivity contribution in [2.24, 2.45) is 0 Å². The molecule has 3 aromatic rings. The molecule has 3 amide bonds.